The summed E-state index contributed by atoms with van der Waals surface area (Å²) in [5, 5.41) is 7.41. The molecule has 0 spiro atoms. The smallest absolute Gasteiger partial charge is 0.258 e. The van der Waals surface area contributed by atoms with Crippen molar-refractivity contribution in [3.63, 3.8) is 0 Å². The molecule has 0 unspecified atom stereocenters. The molecule has 4 rings (SSSR count). The Labute approximate surface area is 122 Å². The van der Waals surface area contributed by atoms with Gasteiger partial charge in [0, 0.05) is 36.6 Å². The number of pyridine rings is 1. The van der Waals surface area contributed by atoms with E-state index in [0.29, 0.717) is 18.1 Å². The minimum Gasteiger partial charge on any atom is -0.384 e. The molecule has 0 saturated heterocycles. The van der Waals surface area contributed by atoms with Crippen LogP contribution in [0.15, 0.2) is 47.2 Å². The van der Waals surface area contributed by atoms with Gasteiger partial charge in [-0.2, -0.15) is 4.98 Å². The Morgan fingerprint density at radius 3 is 3.14 bits per heavy atom. The van der Waals surface area contributed by atoms with Crippen molar-refractivity contribution in [2.45, 2.75) is 12.8 Å². The normalized spacial score (nSPS) is 13.0. The Morgan fingerprint density at radius 1 is 1.24 bits per heavy atom. The lowest BCUT2D eigenvalue weighted by Gasteiger charge is -2.00. The lowest BCUT2D eigenvalue weighted by molar-refractivity contribution is 0.424. The highest BCUT2D eigenvalue weighted by Gasteiger charge is 2.14. The van der Waals surface area contributed by atoms with Crippen molar-refractivity contribution in [1.82, 2.24) is 15.1 Å². The van der Waals surface area contributed by atoms with Gasteiger partial charge in [-0.05, 0) is 35.7 Å². The van der Waals surface area contributed by atoms with Crippen LogP contribution in [0.25, 0.3) is 11.5 Å². The summed E-state index contributed by atoms with van der Waals surface area (Å²) < 4.78 is 5.37. The predicted molar refractivity (Wildman–Crippen MR) is 79.0 cm³/mol. The van der Waals surface area contributed by atoms with Crippen LogP contribution < -0.4 is 5.32 Å². The second-order valence-corrected chi connectivity index (χ2v) is 5.10. The summed E-state index contributed by atoms with van der Waals surface area (Å²) in [4.78, 5) is 8.56. The zero-order valence-corrected chi connectivity index (χ0v) is 11.4. The molecule has 5 heteroatoms. The monoisotopic (exact) mass is 278 g/mol. The van der Waals surface area contributed by atoms with Gasteiger partial charge in [-0.1, -0.05) is 17.3 Å². The predicted octanol–water partition coefficient (Wildman–Crippen LogP) is 2.69. The van der Waals surface area contributed by atoms with Crippen LogP contribution >= 0.6 is 0 Å². The van der Waals surface area contributed by atoms with Crippen molar-refractivity contribution < 1.29 is 4.52 Å². The number of anilines is 1. The van der Waals surface area contributed by atoms with Gasteiger partial charge in [-0.15, -0.1) is 0 Å². The fourth-order valence-electron chi connectivity index (χ4n) is 2.55. The van der Waals surface area contributed by atoms with Gasteiger partial charge < -0.3 is 9.84 Å². The van der Waals surface area contributed by atoms with E-state index >= 15 is 0 Å². The molecular weight excluding hydrogens is 264 g/mol. The summed E-state index contributed by atoms with van der Waals surface area (Å²) in [6, 6.07) is 10.1. The summed E-state index contributed by atoms with van der Waals surface area (Å²) in [6.45, 7) is 0.995. The van der Waals surface area contributed by atoms with Gasteiger partial charge in [-0.25, -0.2) is 0 Å². The molecule has 2 aromatic heterocycles. The van der Waals surface area contributed by atoms with Crippen molar-refractivity contribution >= 4 is 5.69 Å². The van der Waals surface area contributed by atoms with Crippen molar-refractivity contribution in [2.75, 3.05) is 11.9 Å². The first-order valence-electron chi connectivity index (χ1n) is 6.97. The molecular formula is C16H14N4O. The average Bonchev–Trinajstić information content (AvgIpc) is 3.16. The van der Waals surface area contributed by atoms with Crippen LogP contribution in [0.1, 0.15) is 17.0 Å². The summed E-state index contributed by atoms with van der Waals surface area (Å²) in [5.74, 6) is 1.23. The maximum absolute atomic E-state index is 5.37. The molecule has 0 saturated carbocycles. The molecule has 21 heavy (non-hydrogen) atoms. The van der Waals surface area contributed by atoms with Crippen LogP contribution in [0, 0.1) is 0 Å². The summed E-state index contributed by atoms with van der Waals surface area (Å²) in [5.41, 5.74) is 4.53. The van der Waals surface area contributed by atoms with Gasteiger partial charge in [-0.3, -0.25) is 4.98 Å². The second-order valence-electron chi connectivity index (χ2n) is 5.10. The molecule has 0 amide bonds. The standard InChI is InChI=1S/C16H14N4O/c1-2-11(10-17-6-1)8-15-19-16(21-20-15)13-4-3-12-5-7-18-14(12)9-13/h1-4,6,9-10,18H,5,7-8H2. The van der Waals surface area contributed by atoms with Gasteiger partial charge in [0.2, 0.25) is 0 Å². The summed E-state index contributed by atoms with van der Waals surface area (Å²) >= 11 is 0. The van der Waals surface area contributed by atoms with Crippen LogP contribution in [0.4, 0.5) is 5.69 Å². The maximum Gasteiger partial charge on any atom is 0.258 e. The van der Waals surface area contributed by atoms with Gasteiger partial charge in [0.1, 0.15) is 0 Å². The maximum atomic E-state index is 5.37. The van der Waals surface area contributed by atoms with E-state index < -0.39 is 0 Å². The molecule has 1 N–H and O–H groups in total. The van der Waals surface area contributed by atoms with E-state index in [1.165, 1.54) is 11.3 Å². The van der Waals surface area contributed by atoms with E-state index in [-0.39, 0.29) is 0 Å². The van der Waals surface area contributed by atoms with E-state index in [2.05, 4.69) is 32.6 Å². The Bertz CT molecular complexity index is 767. The first kappa shape index (κ1) is 12.1. The lowest BCUT2D eigenvalue weighted by Crippen LogP contribution is -1.92. The largest absolute Gasteiger partial charge is 0.384 e. The third-order valence-corrected chi connectivity index (χ3v) is 3.62. The number of nitrogens with one attached hydrogen (secondary N) is 1. The Morgan fingerprint density at radius 2 is 2.24 bits per heavy atom. The Kier molecular flexibility index (Phi) is 2.88. The van der Waals surface area contributed by atoms with E-state index in [4.69, 9.17) is 4.52 Å². The molecule has 0 atom stereocenters. The Balaban J connectivity index is 1.59. The van der Waals surface area contributed by atoms with Crippen molar-refractivity contribution in [3.05, 3.63) is 59.7 Å². The van der Waals surface area contributed by atoms with Gasteiger partial charge in [0.05, 0.1) is 0 Å². The fraction of sp³-hybridized carbons (Fsp3) is 0.188. The minimum absolute atomic E-state index is 0.561. The molecule has 1 aliphatic rings. The van der Waals surface area contributed by atoms with E-state index in [0.717, 1.165) is 24.1 Å². The number of rotatable bonds is 3. The van der Waals surface area contributed by atoms with Crippen LogP contribution in [0.2, 0.25) is 0 Å². The number of benzene rings is 1. The van der Waals surface area contributed by atoms with Crippen LogP contribution in [0.5, 0.6) is 0 Å². The molecule has 104 valence electrons. The molecule has 0 aliphatic carbocycles. The number of hydrogen-bond donors (Lipinski definition) is 1. The van der Waals surface area contributed by atoms with Gasteiger partial charge in [0.25, 0.3) is 5.89 Å². The van der Waals surface area contributed by atoms with Crippen LogP contribution in [-0.2, 0) is 12.8 Å². The first-order valence-corrected chi connectivity index (χ1v) is 6.97. The molecule has 3 heterocycles. The highest BCUT2D eigenvalue weighted by Crippen LogP contribution is 2.28. The fourth-order valence-corrected chi connectivity index (χ4v) is 2.55. The topological polar surface area (TPSA) is 63.8 Å². The highest BCUT2D eigenvalue weighted by molar-refractivity contribution is 5.66. The van der Waals surface area contributed by atoms with E-state index in [1.54, 1.807) is 6.20 Å². The molecule has 3 aromatic rings. The molecule has 0 bridgehead atoms. The quantitative estimate of drug-likeness (QED) is 0.798. The van der Waals surface area contributed by atoms with E-state index in [9.17, 15) is 0 Å². The molecule has 5 nitrogen and oxygen atoms in total. The number of nitrogens with zero attached hydrogens (tertiary/aromatic N) is 3. The molecule has 1 aliphatic heterocycles. The van der Waals surface area contributed by atoms with Crippen molar-refractivity contribution in [3.8, 4) is 11.5 Å². The van der Waals surface area contributed by atoms with Gasteiger partial charge >= 0.3 is 0 Å². The van der Waals surface area contributed by atoms with Crippen LogP contribution in [0.3, 0.4) is 0 Å². The summed E-state index contributed by atoms with van der Waals surface area (Å²) in [7, 11) is 0. The molecule has 0 fully saturated rings. The number of hydrogen-bond acceptors (Lipinski definition) is 5. The zero-order chi connectivity index (χ0) is 14.1. The highest BCUT2D eigenvalue weighted by atomic mass is 16.5. The first-order chi connectivity index (χ1) is 10.4. The third kappa shape index (κ3) is 2.38. The summed E-state index contributed by atoms with van der Waals surface area (Å²) in [6.07, 6.45) is 5.27. The number of fused-ring (bicyclic) bond motifs is 1. The zero-order valence-electron chi connectivity index (χ0n) is 11.4. The Hall–Kier alpha value is -2.69. The number of aromatic nitrogens is 3. The average molecular weight is 278 g/mol. The van der Waals surface area contributed by atoms with Crippen molar-refractivity contribution in [2.24, 2.45) is 0 Å². The van der Waals surface area contributed by atoms with Gasteiger partial charge in [0.15, 0.2) is 5.82 Å². The minimum atomic E-state index is 0.561. The van der Waals surface area contributed by atoms with Crippen molar-refractivity contribution in [1.29, 1.82) is 0 Å². The van der Waals surface area contributed by atoms with Crippen LogP contribution in [-0.4, -0.2) is 21.7 Å². The second kappa shape index (κ2) is 5.01. The molecule has 0 radical (unpaired) electrons. The third-order valence-electron chi connectivity index (χ3n) is 3.62. The SMILES string of the molecule is c1cncc(Cc2noc(-c3ccc4c(c3)NCC4)n2)c1. The lowest BCUT2D eigenvalue weighted by atomic mass is 10.1. The van der Waals surface area contributed by atoms with E-state index in [1.807, 2.05) is 24.4 Å². The molecule has 1 aromatic carbocycles.